The second-order valence-electron chi connectivity index (χ2n) is 4.34. The summed E-state index contributed by atoms with van der Waals surface area (Å²) in [5.41, 5.74) is 0. The number of hydrogen-bond acceptors (Lipinski definition) is 4. The van der Waals surface area contributed by atoms with Crippen LogP contribution in [0.5, 0.6) is 0 Å². The molecule has 1 aliphatic heterocycles. The van der Waals surface area contributed by atoms with Crippen molar-refractivity contribution < 1.29 is 0 Å². The Labute approximate surface area is 97.1 Å². The van der Waals surface area contributed by atoms with Crippen LogP contribution in [-0.4, -0.2) is 41.0 Å². The monoisotopic (exact) mass is 220 g/mol. The third-order valence-corrected chi connectivity index (χ3v) is 3.15. The van der Waals surface area contributed by atoms with E-state index in [1.807, 2.05) is 6.07 Å². The highest BCUT2D eigenvalue weighted by molar-refractivity contribution is 4.88. The van der Waals surface area contributed by atoms with Crippen molar-refractivity contribution in [1.82, 2.24) is 20.2 Å². The van der Waals surface area contributed by atoms with E-state index in [0.717, 1.165) is 24.8 Å². The van der Waals surface area contributed by atoms with Gasteiger partial charge in [-0.1, -0.05) is 6.92 Å². The second kappa shape index (κ2) is 5.92. The molecule has 0 bridgehead atoms. The third-order valence-electron chi connectivity index (χ3n) is 3.15. The molecule has 1 unspecified atom stereocenters. The molecule has 0 radical (unpaired) electrons. The Balaban J connectivity index is 1.65. The first-order valence-electron chi connectivity index (χ1n) is 6.07. The zero-order valence-corrected chi connectivity index (χ0v) is 9.89. The lowest BCUT2D eigenvalue weighted by atomic mass is 10.1. The van der Waals surface area contributed by atoms with E-state index in [1.165, 1.54) is 26.1 Å². The van der Waals surface area contributed by atoms with Crippen molar-refractivity contribution in [2.45, 2.75) is 19.9 Å². The van der Waals surface area contributed by atoms with E-state index in [-0.39, 0.29) is 0 Å². The average molecular weight is 220 g/mol. The van der Waals surface area contributed by atoms with Gasteiger partial charge in [0.25, 0.3) is 0 Å². The molecule has 88 valence electrons. The van der Waals surface area contributed by atoms with Gasteiger partial charge >= 0.3 is 0 Å². The molecule has 1 atom stereocenters. The first kappa shape index (κ1) is 11.5. The van der Waals surface area contributed by atoms with Gasteiger partial charge < -0.3 is 10.2 Å². The van der Waals surface area contributed by atoms with Gasteiger partial charge in [-0.2, -0.15) is 0 Å². The molecule has 0 spiro atoms. The zero-order chi connectivity index (χ0) is 11.2. The van der Waals surface area contributed by atoms with Gasteiger partial charge in [-0.05, 0) is 38.0 Å². The number of likely N-dealkylation sites (tertiary alicyclic amines) is 1. The van der Waals surface area contributed by atoms with Gasteiger partial charge in [0.05, 0.1) is 6.54 Å². The van der Waals surface area contributed by atoms with Crippen LogP contribution in [0.3, 0.4) is 0 Å². The Kier molecular flexibility index (Phi) is 4.25. The van der Waals surface area contributed by atoms with Crippen molar-refractivity contribution >= 4 is 0 Å². The van der Waals surface area contributed by atoms with Gasteiger partial charge in [-0.25, -0.2) is 9.97 Å². The van der Waals surface area contributed by atoms with Gasteiger partial charge in [0.15, 0.2) is 0 Å². The first-order valence-corrected chi connectivity index (χ1v) is 6.07. The van der Waals surface area contributed by atoms with Gasteiger partial charge in [-0.3, -0.25) is 0 Å². The lowest BCUT2D eigenvalue weighted by molar-refractivity contribution is 0.338. The molecule has 0 amide bonds. The van der Waals surface area contributed by atoms with Crippen LogP contribution < -0.4 is 5.32 Å². The summed E-state index contributed by atoms with van der Waals surface area (Å²) in [6.07, 6.45) is 4.90. The minimum atomic E-state index is 0.781. The van der Waals surface area contributed by atoms with Crippen LogP contribution in [0.1, 0.15) is 19.2 Å². The third kappa shape index (κ3) is 3.25. The highest BCUT2D eigenvalue weighted by Crippen LogP contribution is 2.14. The van der Waals surface area contributed by atoms with Gasteiger partial charge in [0, 0.05) is 18.9 Å². The molecule has 16 heavy (non-hydrogen) atoms. The number of nitrogens with zero attached hydrogens (tertiary/aromatic N) is 3. The molecular weight excluding hydrogens is 200 g/mol. The average Bonchev–Trinajstić information content (AvgIpc) is 2.78. The van der Waals surface area contributed by atoms with Crippen LogP contribution in [0.2, 0.25) is 0 Å². The smallest absolute Gasteiger partial charge is 0.141 e. The molecule has 0 aromatic carbocycles. The molecule has 4 heteroatoms. The van der Waals surface area contributed by atoms with Crippen LogP contribution in [0.4, 0.5) is 0 Å². The Morgan fingerprint density at radius 1 is 1.44 bits per heavy atom. The molecule has 1 saturated heterocycles. The largest absolute Gasteiger partial charge is 0.310 e. The number of aromatic nitrogens is 2. The maximum atomic E-state index is 4.19. The van der Waals surface area contributed by atoms with Crippen molar-refractivity contribution in [1.29, 1.82) is 0 Å². The van der Waals surface area contributed by atoms with Crippen LogP contribution in [0, 0.1) is 5.92 Å². The SMILES string of the molecule is CCN1CCC(CNCc2ncccn2)C1. The molecule has 1 fully saturated rings. The maximum Gasteiger partial charge on any atom is 0.141 e. The second-order valence-corrected chi connectivity index (χ2v) is 4.34. The van der Waals surface area contributed by atoms with Crippen LogP contribution in [0.15, 0.2) is 18.5 Å². The predicted molar refractivity (Wildman–Crippen MR) is 64.0 cm³/mol. The van der Waals surface area contributed by atoms with Crippen molar-refractivity contribution in [2.75, 3.05) is 26.2 Å². The van der Waals surface area contributed by atoms with E-state index in [2.05, 4.69) is 27.1 Å². The Morgan fingerprint density at radius 2 is 2.25 bits per heavy atom. The summed E-state index contributed by atoms with van der Waals surface area (Å²) in [5, 5.41) is 3.44. The Bertz CT molecular complexity index is 301. The fraction of sp³-hybridized carbons (Fsp3) is 0.667. The standard InChI is InChI=1S/C12H20N4/c1-2-16-7-4-11(10-16)8-13-9-12-14-5-3-6-15-12/h3,5-6,11,13H,2,4,7-10H2,1H3. The molecule has 1 aromatic rings. The number of hydrogen-bond donors (Lipinski definition) is 1. The predicted octanol–water partition coefficient (Wildman–Crippen LogP) is 0.908. The quantitative estimate of drug-likeness (QED) is 0.801. The highest BCUT2D eigenvalue weighted by atomic mass is 15.1. The molecule has 1 aliphatic rings. The van der Waals surface area contributed by atoms with Crippen molar-refractivity contribution in [3.05, 3.63) is 24.3 Å². The minimum Gasteiger partial charge on any atom is -0.310 e. The zero-order valence-electron chi connectivity index (χ0n) is 9.89. The maximum absolute atomic E-state index is 4.19. The van der Waals surface area contributed by atoms with E-state index in [9.17, 15) is 0 Å². The molecule has 2 rings (SSSR count). The summed E-state index contributed by atoms with van der Waals surface area (Å²) in [7, 11) is 0. The van der Waals surface area contributed by atoms with Gasteiger partial charge in [0.2, 0.25) is 0 Å². The summed E-state index contributed by atoms with van der Waals surface area (Å²) in [5.74, 6) is 1.68. The fourth-order valence-electron chi connectivity index (χ4n) is 2.18. The van der Waals surface area contributed by atoms with E-state index in [0.29, 0.717) is 0 Å². The van der Waals surface area contributed by atoms with Crippen LogP contribution in [-0.2, 0) is 6.54 Å². The molecule has 1 N–H and O–H groups in total. The summed E-state index contributed by atoms with van der Waals surface area (Å²) < 4.78 is 0. The number of nitrogens with one attached hydrogen (secondary N) is 1. The van der Waals surface area contributed by atoms with Gasteiger partial charge in [-0.15, -0.1) is 0 Å². The lowest BCUT2D eigenvalue weighted by Gasteiger charge is -2.13. The molecular formula is C12H20N4. The van der Waals surface area contributed by atoms with Crippen molar-refractivity contribution in [2.24, 2.45) is 5.92 Å². The summed E-state index contributed by atoms with van der Waals surface area (Å²) in [6.45, 7) is 7.76. The van der Waals surface area contributed by atoms with E-state index in [1.54, 1.807) is 12.4 Å². The molecule has 1 aromatic heterocycles. The van der Waals surface area contributed by atoms with E-state index < -0.39 is 0 Å². The summed E-state index contributed by atoms with van der Waals surface area (Å²) >= 11 is 0. The molecule has 0 saturated carbocycles. The molecule has 4 nitrogen and oxygen atoms in total. The van der Waals surface area contributed by atoms with Crippen LogP contribution in [0.25, 0.3) is 0 Å². The first-order chi connectivity index (χ1) is 7.88. The van der Waals surface area contributed by atoms with Gasteiger partial charge in [0.1, 0.15) is 5.82 Å². The molecule has 0 aliphatic carbocycles. The number of rotatable bonds is 5. The molecule has 2 heterocycles. The summed E-state index contributed by atoms with van der Waals surface area (Å²) in [4.78, 5) is 10.9. The van der Waals surface area contributed by atoms with Crippen molar-refractivity contribution in [3.8, 4) is 0 Å². The highest BCUT2D eigenvalue weighted by Gasteiger charge is 2.20. The lowest BCUT2D eigenvalue weighted by Crippen LogP contribution is -2.26. The summed E-state index contributed by atoms with van der Waals surface area (Å²) in [6, 6.07) is 1.85. The normalized spacial score (nSPS) is 21.4. The Hall–Kier alpha value is -1.00. The van der Waals surface area contributed by atoms with Crippen molar-refractivity contribution in [3.63, 3.8) is 0 Å². The minimum absolute atomic E-state index is 0.781. The van der Waals surface area contributed by atoms with E-state index >= 15 is 0 Å². The van der Waals surface area contributed by atoms with E-state index in [4.69, 9.17) is 0 Å². The Morgan fingerprint density at radius 3 is 2.94 bits per heavy atom. The fourth-order valence-corrected chi connectivity index (χ4v) is 2.18. The van der Waals surface area contributed by atoms with Crippen LogP contribution >= 0.6 is 0 Å². The topological polar surface area (TPSA) is 41.0 Å².